The molecule has 1 N–H and O–H groups in total. The third-order valence-corrected chi connectivity index (χ3v) is 3.83. The minimum absolute atomic E-state index is 0.443. The minimum Gasteiger partial charge on any atom is -0.369 e. The predicted molar refractivity (Wildman–Crippen MR) is 71.0 cm³/mol. The number of halogens is 1. The largest absolute Gasteiger partial charge is 0.369 e. The van der Waals surface area contributed by atoms with Gasteiger partial charge in [-0.25, -0.2) is 4.68 Å². The maximum atomic E-state index is 4.68. The molecule has 2 aromatic heterocycles. The molecule has 0 spiro atoms. The second-order valence-corrected chi connectivity index (χ2v) is 5.05. The van der Waals surface area contributed by atoms with Gasteiger partial charge in [0.05, 0.1) is 10.5 Å². The normalized spacial score (nSPS) is 18.6. The van der Waals surface area contributed by atoms with Crippen LogP contribution < -0.4 is 5.32 Å². The summed E-state index contributed by atoms with van der Waals surface area (Å²) in [6, 6.07) is 4.39. The fourth-order valence-electron chi connectivity index (χ4n) is 2.11. The summed E-state index contributed by atoms with van der Waals surface area (Å²) >= 11 is 3.63. The lowest BCUT2D eigenvalue weighted by molar-refractivity contribution is 0.454. The van der Waals surface area contributed by atoms with Crippen LogP contribution in [0.25, 0.3) is 11.3 Å². The first-order valence-electron chi connectivity index (χ1n) is 5.69. The topological polar surface area (TPSA) is 42.7 Å². The van der Waals surface area contributed by atoms with E-state index < -0.39 is 0 Å². The molecule has 0 saturated carbocycles. The van der Waals surface area contributed by atoms with Gasteiger partial charge in [0.25, 0.3) is 0 Å². The van der Waals surface area contributed by atoms with Gasteiger partial charge < -0.3 is 5.32 Å². The molecule has 1 aliphatic rings. The lowest BCUT2D eigenvalue weighted by Crippen LogP contribution is -2.21. The van der Waals surface area contributed by atoms with E-state index in [0.29, 0.717) is 6.04 Å². The maximum absolute atomic E-state index is 4.68. The standard InChI is InChI=1S/C12H13BrN4/c1-8-2-7-15-12-10(13)11(16-17(8)12)9-3-5-14-6-4-9/h3-6,8,15H,2,7H2,1H3. The van der Waals surface area contributed by atoms with Gasteiger partial charge in [-0.2, -0.15) is 5.10 Å². The van der Waals surface area contributed by atoms with Crippen LogP contribution in [0.4, 0.5) is 5.82 Å². The molecule has 0 fully saturated rings. The van der Waals surface area contributed by atoms with E-state index in [1.54, 1.807) is 12.4 Å². The van der Waals surface area contributed by atoms with Crippen LogP contribution in [-0.4, -0.2) is 21.3 Å². The van der Waals surface area contributed by atoms with Gasteiger partial charge in [-0.1, -0.05) is 0 Å². The molecular formula is C12H13BrN4. The first-order chi connectivity index (χ1) is 8.27. The summed E-state index contributed by atoms with van der Waals surface area (Å²) in [7, 11) is 0. The Labute approximate surface area is 108 Å². The van der Waals surface area contributed by atoms with Crippen molar-refractivity contribution >= 4 is 21.7 Å². The van der Waals surface area contributed by atoms with Crippen LogP contribution in [0.1, 0.15) is 19.4 Å². The molecule has 2 aromatic rings. The Kier molecular flexibility index (Phi) is 2.63. The summed E-state index contributed by atoms with van der Waals surface area (Å²) in [5, 5.41) is 8.07. The highest BCUT2D eigenvalue weighted by molar-refractivity contribution is 9.10. The molecule has 0 saturated heterocycles. The zero-order valence-electron chi connectivity index (χ0n) is 9.52. The predicted octanol–water partition coefficient (Wildman–Crippen LogP) is 3.08. The van der Waals surface area contributed by atoms with Crippen molar-refractivity contribution in [2.45, 2.75) is 19.4 Å². The van der Waals surface area contributed by atoms with Gasteiger partial charge in [0.2, 0.25) is 0 Å². The van der Waals surface area contributed by atoms with Crippen LogP contribution in [0, 0.1) is 0 Å². The number of rotatable bonds is 1. The molecule has 4 nitrogen and oxygen atoms in total. The van der Waals surface area contributed by atoms with Gasteiger partial charge in [-0.15, -0.1) is 0 Å². The van der Waals surface area contributed by atoms with Crippen molar-refractivity contribution in [3.8, 4) is 11.3 Å². The number of pyridine rings is 1. The Balaban J connectivity index is 2.14. The molecule has 1 atom stereocenters. The van der Waals surface area contributed by atoms with Crippen LogP contribution in [0.5, 0.6) is 0 Å². The Morgan fingerprint density at radius 3 is 2.88 bits per heavy atom. The molecule has 0 radical (unpaired) electrons. The summed E-state index contributed by atoms with van der Waals surface area (Å²) in [6.45, 7) is 3.20. The fourth-order valence-corrected chi connectivity index (χ4v) is 2.74. The van der Waals surface area contributed by atoms with E-state index >= 15 is 0 Å². The van der Waals surface area contributed by atoms with Crippen molar-refractivity contribution in [1.29, 1.82) is 0 Å². The van der Waals surface area contributed by atoms with E-state index in [4.69, 9.17) is 0 Å². The van der Waals surface area contributed by atoms with Gasteiger partial charge in [-0.05, 0) is 41.4 Å². The number of nitrogens with zero attached hydrogens (tertiary/aromatic N) is 3. The Bertz CT molecular complexity index is 535. The van der Waals surface area contributed by atoms with Gasteiger partial charge in [0, 0.05) is 24.5 Å². The lowest BCUT2D eigenvalue weighted by Gasteiger charge is -2.22. The highest BCUT2D eigenvalue weighted by Gasteiger charge is 2.23. The fraction of sp³-hybridized carbons (Fsp3) is 0.333. The smallest absolute Gasteiger partial charge is 0.139 e. The third kappa shape index (κ3) is 1.74. The zero-order valence-corrected chi connectivity index (χ0v) is 11.1. The second-order valence-electron chi connectivity index (χ2n) is 4.26. The molecule has 5 heteroatoms. The van der Waals surface area contributed by atoms with Crippen molar-refractivity contribution in [1.82, 2.24) is 14.8 Å². The van der Waals surface area contributed by atoms with Crippen LogP contribution >= 0.6 is 15.9 Å². The molecule has 0 bridgehead atoms. The van der Waals surface area contributed by atoms with Crippen molar-refractivity contribution in [3.63, 3.8) is 0 Å². The summed E-state index contributed by atoms with van der Waals surface area (Å²) in [5.74, 6) is 1.08. The number of aromatic nitrogens is 3. The summed E-state index contributed by atoms with van der Waals surface area (Å²) in [5.41, 5.74) is 2.06. The highest BCUT2D eigenvalue weighted by atomic mass is 79.9. The van der Waals surface area contributed by atoms with E-state index in [-0.39, 0.29) is 0 Å². The number of anilines is 1. The van der Waals surface area contributed by atoms with E-state index in [1.165, 1.54) is 0 Å². The summed E-state index contributed by atoms with van der Waals surface area (Å²) < 4.78 is 3.10. The average molecular weight is 293 g/mol. The van der Waals surface area contributed by atoms with E-state index in [2.05, 4.69) is 42.9 Å². The van der Waals surface area contributed by atoms with Crippen LogP contribution in [0.3, 0.4) is 0 Å². The molecule has 0 aliphatic carbocycles. The molecule has 1 unspecified atom stereocenters. The van der Waals surface area contributed by atoms with E-state index in [0.717, 1.165) is 34.5 Å². The number of hydrogen-bond donors (Lipinski definition) is 1. The highest BCUT2D eigenvalue weighted by Crippen LogP contribution is 2.37. The van der Waals surface area contributed by atoms with Crippen LogP contribution in [0.2, 0.25) is 0 Å². The van der Waals surface area contributed by atoms with Gasteiger partial charge in [-0.3, -0.25) is 4.98 Å². The van der Waals surface area contributed by atoms with Gasteiger partial charge >= 0.3 is 0 Å². The Morgan fingerprint density at radius 2 is 2.18 bits per heavy atom. The first-order valence-corrected chi connectivity index (χ1v) is 6.49. The van der Waals surface area contributed by atoms with Crippen molar-refractivity contribution < 1.29 is 0 Å². The Morgan fingerprint density at radius 1 is 1.41 bits per heavy atom. The monoisotopic (exact) mass is 292 g/mol. The molecule has 1 aliphatic heterocycles. The minimum atomic E-state index is 0.443. The molecule has 17 heavy (non-hydrogen) atoms. The first kappa shape index (κ1) is 10.8. The van der Waals surface area contributed by atoms with Gasteiger partial charge in [0.1, 0.15) is 11.5 Å². The van der Waals surface area contributed by atoms with Crippen LogP contribution in [-0.2, 0) is 0 Å². The van der Waals surface area contributed by atoms with E-state index in [1.807, 2.05) is 12.1 Å². The average Bonchev–Trinajstić information content (AvgIpc) is 2.70. The SMILES string of the molecule is CC1CCNc2c(Br)c(-c3ccncc3)nn21. The summed E-state index contributed by atoms with van der Waals surface area (Å²) in [4.78, 5) is 4.03. The number of hydrogen-bond acceptors (Lipinski definition) is 3. The number of nitrogens with one attached hydrogen (secondary N) is 1. The molecule has 88 valence electrons. The van der Waals surface area contributed by atoms with Crippen LogP contribution in [0.15, 0.2) is 29.0 Å². The van der Waals surface area contributed by atoms with Crippen molar-refractivity contribution in [2.75, 3.05) is 11.9 Å². The van der Waals surface area contributed by atoms with E-state index in [9.17, 15) is 0 Å². The maximum Gasteiger partial charge on any atom is 0.139 e. The molecule has 0 amide bonds. The third-order valence-electron chi connectivity index (χ3n) is 3.08. The molecular weight excluding hydrogens is 280 g/mol. The Hall–Kier alpha value is -1.36. The van der Waals surface area contributed by atoms with Gasteiger partial charge in [0.15, 0.2) is 0 Å². The molecule has 0 aromatic carbocycles. The second kappa shape index (κ2) is 4.14. The summed E-state index contributed by atoms with van der Waals surface area (Å²) in [6.07, 6.45) is 4.69. The quantitative estimate of drug-likeness (QED) is 0.878. The zero-order chi connectivity index (χ0) is 11.8. The lowest BCUT2D eigenvalue weighted by atomic mass is 10.2. The molecule has 3 heterocycles. The number of fused-ring (bicyclic) bond motifs is 1. The molecule has 3 rings (SSSR count). The van der Waals surface area contributed by atoms with Crippen molar-refractivity contribution in [2.24, 2.45) is 0 Å². The van der Waals surface area contributed by atoms with Crippen molar-refractivity contribution in [3.05, 3.63) is 29.0 Å².